The Kier molecular flexibility index (Phi) is 8.69. The third-order valence-corrected chi connectivity index (χ3v) is 5.20. The average molecular weight is 372 g/mol. The lowest BCUT2D eigenvalue weighted by atomic mass is 10.1. The molecule has 0 radical (unpaired) electrons. The first-order valence-corrected chi connectivity index (χ1v) is 9.50. The molecule has 0 unspecified atom stereocenters. The number of hydrogen-bond donors (Lipinski definition) is 0. The van der Waals surface area contributed by atoms with Gasteiger partial charge in [-0.1, -0.05) is 0 Å². The van der Waals surface area contributed by atoms with Crippen molar-refractivity contribution < 1.29 is 32.6 Å². The minimum absolute atomic E-state index is 0.114. The Morgan fingerprint density at radius 1 is 1.04 bits per heavy atom. The van der Waals surface area contributed by atoms with Crippen LogP contribution >= 0.6 is 7.60 Å². The van der Waals surface area contributed by atoms with E-state index < -0.39 is 13.6 Å². The summed E-state index contributed by atoms with van der Waals surface area (Å²) < 4.78 is 39.2. The zero-order valence-electron chi connectivity index (χ0n) is 15.2. The van der Waals surface area contributed by atoms with E-state index in [1.54, 1.807) is 39.0 Å². The molecular weight excluding hydrogens is 347 g/mol. The highest BCUT2D eigenvalue weighted by Crippen LogP contribution is 2.57. The SMILES string of the molecule is CCOC(=O)C(=Cc1cc(OC)ccc1OC)P(=O)(OCC)OCC. The Morgan fingerprint density at radius 2 is 1.68 bits per heavy atom. The van der Waals surface area contributed by atoms with E-state index in [2.05, 4.69) is 0 Å². The Hall–Kier alpha value is -1.82. The number of carbonyl (C=O) groups excluding carboxylic acids is 1. The van der Waals surface area contributed by atoms with E-state index in [0.29, 0.717) is 17.1 Å². The summed E-state index contributed by atoms with van der Waals surface area (Å²) >= 11 is 0. The third kappa shape index (κ3) is 5.59. The van der Waals surface area contributed by atoms with Crippen LogP contribution in [0.15, 0.2) is 23.5 Å². The first-order chi connectivity index (χ1) is 11.9. The predicted molar refractivity (Wildman–Crippen MR) is 95.0 cm³/mol. The van der Waals surface area contributed by atoms with Crippen LogP contribution in [0.5, 0.6) is 11.5 Å². The van der Waals surface area contributed by atoms with Crippen LogP contribution in [-0.4, -0.2) is 40.0 Å². The molecule has 0 aliphatic carbocycles. The summed E-state index contributed by atoms with van der Waals surface area (Å²) in [7, 11) is -0.830. The lowest BCUT2D eigenvalue weighted by Crippen LogP contribution is -2.11. The maximum atomic E-state index is 13.1. The molecule has 140 valence electrons. The fourth-order valence-corrected chi connectivity index (χ4v) is 3.69. The van der Waals surface area contributed by atoms with Crippen LogP contribution in [0.4, 0.5) is 0 Å². The van der Waals surface area contributed by atoms with Gasteiger partial charge in [-0.15, -0.1) is 0 Å². The molecule has 0 aliphatic rings. The minimum Gasteiger partial charge on any atom is -0.497 e. The smallest absolute Gasteiger partial charge is 0.368 e. The molecule has 25 heavy (non-hydrogen) atoms. The van der Waals surface area contributed by atoms with Gasteiger partial charge in [-0.3, -0.25) is 4.57 Å². The lowest BCUT2D eigenvalue weighted by molar-refractivity contribution is -0.137. The number of hydrogen-bond acceptors (Lipinski definition) is 7. The highest BCUT2D eigenvalue weighted by molar-refractivity contribution is 7.60. The van der Waals surface area contributed by atoms with Gasteiger partial charge >= 0.3 is 13.6 Å². The molecule has 1 aromatic carbocycles. The molecule has 0 aromatic heterocycles. The summed E-state index contributed by atoms with van der Waals surface area (Å²) in [6.07, 6.45) is 1.39. The molecule has 8 heteroatoms. The summed E-state index contributed by atoms with van der Waals surface area (Å²) in [5.41, 5.74) is 0.490. The normalized spacial score (nSPS) is 12.0. The van der Waals surface area contributed by atoms with Crippen molar-refractivity contribution in [3.8, 4) is 11.5 Å². The Bertz CT molecular complexity index is 644. The van der Waals surface area contributed by atoms with Gasteiger partial charge in [-0.2, -0.15) is 0 Å². The van der Waals surface area contributed by atoms with Crippen molar-refractivity contribution in [3.05, 3.63) is 29.1 Å². The average Bonchev–Trinajstić information content (AvgIpc) is 2.59. The maximum Gasteiger partial charge on any atom is 0.368 e. The van der Waals surface area contributed by atoms with E-state index in [9.17, 15) is 9.36 Å². The van der Waals surface area contributed by atoms with Crippen molar-refractivity contribution >= 4 is 19.6 Å². The standard InChI is InChI=1S/C17H25O7P/c1-6-22-17(18)16(25(19,23-7-2)24-8-3)12-13-11-14(20-4)9-10-15(13)21-5/h9-12H,6-8H2,1-5H3. The Balaban J connectivity index is 3.53. The lowest BCUT2D eigenvalue weighted by Gasteiger charge is -2.19. The fraction of sp³-hybridized carbons (Fsp3) is 0.471. The summed E-state index contributed by atoms with van der Waals surface area (Å²) in [6.45, 7) is 5.35. The molecule has 0 spiro atoms. The van der Waals surface area contributed by atoms with Gasteiger partial charge in [-0.25, -0.2) is 4.79 Å². The highest BCUT2D eigenvalue weighted by Gasteiger charge is 2.36. The Labute approximate surface area is 148 Å². The van der Waals surface area contributed by atoms with E-state index in [-0.39, 0.29) is 25.1 Å². The molecule has 0 atom stereocenters. The van der Waals surface area contributed by atoms with Gasteiger partial charge in [-0.05, 0) is 45.0 Å². The zero-order chi connectivity index (χ0) is 18.9. The molecule has 0 heterocycles. The molecular formula is C17H25O7P. The molecule has 0 bridgehead atoms. The van der Waals surface area contributed by atoms with Crippen LogP contribution in [0, 0.1) is 0 Å². The van der Waals surface area contributed by atoms with Crippen LogP contribution in [0.1, 0.15) is 26.3 Å². The third-order valence-electron chi connectivity index (χ3n) is 3.11. The molecule has 0 amide bonds. The summed E-state index contributed by atoms with van der Waals surface area (Å²) in [5, 5.41) is -0.190. The van der Waals surface area contributed by atoms with Gasteiger partial charge in [0.2, 0.25) is 0 Å². The first kappa shape index (κ1) is 21.2. The van der Waals surface area contributed by atoms with Gasteiger partial charge in [0.25, 0.3) is 0 Å². The van der Waals surface area contributed by atoms with Crippen molar-refractivity contribution in [2.45, 2.75) is 20.8 Å². The van der Waals surface area contributed by atoms with Crippen molar-refractivity contribution in [1.82, 2.24) is 0 Å². The molecule has 0 N–H and O–H groups in total. The van der Waals surface area contributed by atoms with Crippen LogP contribution in [0.25, 0.3) is 6.08 Å². The van der Waals surface area contributed by atoms with Gasteiger partial charge in [0.15, 0.2) is 0 Å². The minimum atomic E-state index is -3.84. The molecule has 0 saturated heterocycles. The number of benzene rings is 1. The number of rotatable bonds is 10. The van der Waals surface area contributed by atoms with Crippen LogP contribution in [0.3, 0.4) is 0 Å². The predicted octanol–water partition coefficient (Wildman–Crippen LogP) is 3.87. The molecule has 7 nitrogen and oxygen atoms in total. The number of carbonyl (C=O) groups is 1. The molecule has 1 rings (SSSR count). The number of ether oxygens (including phenoxy) is 3. The second-order valence-corrected chi connectivity index (χ2v) is 6.68. The van der Waals surface area contributed by atoms with Crippen LogP contribution in [-0.2, 0) is 23.1 Å². The summed E-state index contributed by atoms with van der Waals surface area (Å²) in [5.74, 6) is 0.262. The Morgan fingerprint density at radius 3 is 2.16 bits per heavy atom. The monoisotopic (exact) mass is 372 g/mol. The van der Waals surface area contributed by atoms with Crippen molar-refractivity contribution in [1.29, 1.82) is 0 Å². The van der Waals surface area contributed by atoms with E-state index >= 15 is 0 Å². The van der Waals surface area contributed by atoms with Gasteiger partial charge in [0.1, 0.15) is 16.8 Å². The maximum absolute atomic E-state index is 13.1. The van der Waals surface area contributed by atoms with Crippen molar-refractivity contribution in [2.24, 2.45) is 0 Å². The van der Waals surface area contributed by atoms with E-state index in [1.165, 1.54) is 20.3 Å². The second kappa shape index (κ2) is 10.2. The molecule has 0 saturated carbocycles. The second-order valence-electron chi connectivity index (χ2n) is 4.69. The highest BCUT2D eigenvalue weighted by atomic mass is 31.2. The topological polar surface area (TPSA) is 80.3 Å². The van der Waals surface area contributed by atoms with Gasteiger partial charge in [0.05, 0.1) is 34.0 Å². The summed E-state index contributed by atoms with van der Waals surface area (Å²) in [6, 6.07) is 5.05. The van der Waals surface area contributed by atoms with Crippen LogP contribution in [0.2, 0.25) is 0 Å². The fourth-order valence-electron chi connectivity index (χ4n) is 2.07. The quantitative estimate of drug-likeness (QED) is 0.350. The van der Waals surface area contributed by atoms with Crippen molar-refractivity contribution in [3.63, 3.8) is 0 Å². The zero-order valence-corrected chi connectivity index (χ0v) is 16.1. The van der Waals surface area contributed by atoms with Crippen molar-refractivity contribution in [2.75, 3.05) is 34.0 Å². The van der Waals surface area contributed by atoms with Crippen LogP contribution < -0.4 is 9.47 Å². The van der Waals surface area contributed by atoms with E-state index in [4.69, 9.17) is 23.3 Å². The summed E-state index contributed by atoms with van der Waals surface area (Å²) in [4.78, 5) is 12.4. The van der Waals surface area contributed by atoms with Gasteiger partial charge in [0, 0.05) is 5.56 Å². The molecule has 0 aliphatic heterocycles. The first-order valence-electron chi connectivity index (χ1n) is 7.96. The van der Waals surface area contributed by atoms with E-state index in [1.807, 2.05) is 0 Å². The largest absolute Gasteiger partial charge is 0.497 e. The van der Waals surface area contributed by atoms with E-state index in [0.717, 1.165) is 0 Å². The molecule has 0 fully saturated rings. The van der Waals surface area contributed by atoms with Gasteiger partial charge < -0.3 is 23.3 Å². The number of esters is 1. The number of methoxy groups -OCH3 is 2. The molecule has 1 aromatic rings.